The number of rotatable bonds is 4. The molecule has 0 spiro atoms. The molecule has 0 heterocycles. The van der Waals surface area contributed by atoms with E-state index in [1.165, 1.54) is 10.8 Å². The first-order valence-electron chi connectivity index (χ1n) is 7.16. The van der Waals surface area contributed by atoms with Crippen molar-refractivity contribution in [3.8, 4) is 0 Å². The fourth-order valence-electron chi connectivity index (χ4n) is 2.27. The average Bonchev–Trinajstić information content (AvgIpc) is 2.46. The fourth-order valence-corrected chi connectivity index (χ4v) is 2.27. The SMILES string of the molecule is CC[C@H](C)NC(=O)N[C@H](C)c1cccc2ccccc12. The molecule has 0 unspecified atom stereocenters. The van der Waals surface area contributed by atoms with Crippen molar-refractivity contribution < 1.29 is 4.79 Å². The average molecular weight is 270 g/mol. The van der Waals surface area contributed by atoms with Gasteiger partial charge in [-0.1, -0.05) is 49.4 Å². The van der Waals surface area contributed by atoms with Crippen molar-refractivity contribution in [2.24, 2.45) is 0 Å². The summed E-state index contributed by atoms with van der Waals surface area (Å²) in [7, 11) is 0. The van der Waals surface area contributed by atoms with Crippen LogP contribution in [0.5, 0.6) is 0 Å². The van der Waals surface area contributed by atoms with E-state index in [0.717, 1.165) is 12.0 Å². The first-order chi connectivity index (χ1) is 9.61. The highest BCUT2D eigenvalue weighted by molar-refractivity contribution is 5.86. The molecule has 0 aliphatic rings. The Bertz CT molecular complexity index is 589. The Morgan fingerprint density at radius 1 is 1.05 bits per heavy atom. The van der Waals surface area contributed by atoms with Crippen molar-refractivity contribution in [3.05, 3.63) is 48.0 Å². The van der Waals surface area contributed by atoms with Gasteiger partial charge < -0.3 is 10.6 Å². The van der Waals surface area contributed by atoms with Gasteiger partial charge in [0.2, 0.25) is 0 Å². The van der Waals surface area contributed by atoms with Crippen LogP contribution in [0.3, 0.4) is 0 Å². The number of hydrogen-bond acceptors (Lipinski definition) is 1. The van der Waals surface area contributed by atoms with Crippen LogP contribution in [0, 0.1) is 0 Å². The van der Waals surface area contributed by atoms with Gasteiger partial charge in [-0.25, -0.2) is 4.79 Å². The number of fused-ring (bicyclic) bond motifs is 1. The lowest BCUT2D eigenvalue weighted by Gasteiger charge is -2.19. The van der Waals surface area contributed by atoms with E-state index in [1.807, 2.05) is 32.0 Å². The van der Waals surface area contributed by atoms with Gasteiger partial charge in [-0.05, 0) is 36.6 Å². The van der Waals surface area contributed by atoms with Crippen molar-refractivity contribution in [1.82, 2.24) is 10.6 Å². The normalized spacial score (nSPS) is 13.8. The molecule has 3 nitrogen and oxygen atoms in total. The summed E-state index contributed by atoms with van der Waals surface area (Å²) in [6.45, 7) is 6.07. The zero-order chi connectivity index (χ0) is 14.5. The molecule has 2 atom stereocenters. The Morgan fingerprint density at radius 3 is 2.50 bits per heavy atom. The van der Waals surface area contributed by atoms with E-state index in [9.17, 15) is 4.79 Å². The zero-order valence-electron chi connectivity index (χ0n) is 12.3. The molecule has 2 aromatic carbocycles. The Hall–Kier alpha value is -2.03. The maximum Gasteiger partial charge on any atom is 0.315 e. The highest BCUT2D eigenvalue weighted by Gasteiger charge is 2.12. The minimum Gasteiger partial charge on any atom is -0.336 e. The van der Waals surface area contributed by atoms with Gasteiger partial charge in [-0.3, -0.25) is 0 Å². The first kappa shape index (κ1) is 14.4. The summed E-state index contributed by atoms with van der Waals surface area (Å²) >= 11 is 0. The molecule has 0 saturated carbocycles. The van der Waals surface area contributed by atoms with E-state index >= 15 is 0 Å². The van der Waals surface area contributed by atoms with Crippen LogP contribution in [0.15, 0.2) is 42.5 Å². The number of benzene rings is 2. The summed E-state index contributed by atoms with van der Waals surface area (Å²) in [6, 6.07) is 14.5. The lowest BCUT2D eigenvalue weighted by atomic mass is 10.00. The number of carbonyl (C=O) groups excluding carboxylic acids is 1. The predicted molar refractivity (Wildman–Crippen MR) is 83.8 cm³/mol. The lowest BCUT2D eigenvalue weighted by molar-refractivity contribution is 0.234. The molecular formula is C17H22N2O. The molecule has 0 radical (unpaired) electrons. The first-order valence-corrected chi connectivity index (χ1v) is 7.16. The number of urea groups is 1. The van der Waals surface area contributed by atoms with Crippen molar-refractivity contribution in [1.29, 1.82) is 0 Å². The van der Waals surface area contributed by atoms with Gasteiger partial charge in [0.25, 0.3) is 0 Å². The number of carbonyl (C=O) groups is 1. The van der Waals surface area contributed by atoms with E-state index in [2.05, 4.69) is 41.8 Å². The van der Waals surface area contributed by atoms with Gasteiger partial charge in [-0.15, -0.1) is 0 Å². The number of hydrogen-bond donors (Lipinski definition) is 2. The Labute approximate surface area is 120 Å². The standard InChI is InChI=1S/C17H22N2O/c1-4-12(2)18-17(20)19-13(3)15-11-7-9-14-8-5-6-10-16(14)15/h5-13H,4H2,1-3H3,(H2,18,19,20)/t12-,13+/m0/s1. The molecule has 0 bridgehead atoms. The number of nitrogens with one attached hydrogen (secondary N) is 2. The molecule has 0 aromatic heterocycles. The molecule has 106 valence electrons. The highest BCUT2D eigenvalue weighted by Crippen LogP contribution is 2.23. The molecule has 3 heteroatoms. The second-order valence-electron chi connectivity index (χ2n) is 5.22. The minimum absolute atomic E-state index is 0.0230. The molecule has 2 rings (SSSR count). The fraction of sp³-hybridized carbons (Fsp3) is 0.353. The van der Waals surface area contributed by atoms with E-state index < -0.39 is 0 Å². The lowest BCUT2D eigenvalue weighted by Crippen LogP contribution is -2.41. The molecule has 0 saturated heterocycles. The largest absolute Gasteiger partial charge is 0.336 e. The molecule has 0 aliphatic heterocycles. The second-order valence-corrected chi connectivity index (χ2v) is 5.22. The summed E-state index contributed by atoms with van der Waals surface area (Å²) in [4.78, 5) is 11.9. The molecule has 0 fully saturated rings. The Kier molecular flexibility index (Phi) is 4.61. The molecule has 2 aromatic rings. The summed E-state index contributed by atoms with van der Waals surface area (Å²) < 4.78 is 0. The van der Waals surface area contributed by atoms with Crippen LogP contribution in [-0.4, -0.2) is 12.1 Å². The van der Waals surface area contributed by atoms with Crippen molar-refractivity contribution in [2.75, 3.05) is 0 Å². The monoisotopic (exact) mass is 270 g/mol. The highest BCUT2D eigenvalue weighted by atomic mass is 16.2. The van der Waals surface area contributed by atoms with E-state index in [1.54, 1.807) is 0 Å². The van der Waals surface area contributed by atoms with Crippen LogP contribution < -0.4 is 10.6 Å². The molecule has 20 heavy (non-hydrogen) atoms. The summed E-state index contributed by atoms with van der Waals surface area (Å²) in [5, 5.41) is 8.31. The van der Waals surface area contributed by atoms with Gasteiger partial charge in [0, 0.05) is 6.04 Å². The van der Waals surface area contributed by atoms with Crippen LogP contribution in [0.4, 0.5) is 4.79 Å². The van der Waals surface area contributed by atoms with Crippen molar-refractivity contribution in [3.63, 3.8) is 0 Å². The molecular weight excluding hydrogens is 248 g/mol. The van der Waals surface area contributed by atoms with Gasteiger partial charge in [0.1, 0.15) is 0 Å². The van der Waals surface area contributed by atoms with Gasteiger partial charge in [-0.2, -0.15) is 0 Å². The van der Waals surface area contributed by atoms with Crippen LogP contribution in [0.25, 0.3) is 10.8 Å². The third-order valence-electron chi connectivity index (χ3n) is 3.63. The van der Waals surface area contributed by atoms with Gasteiger partial charge in [0.05, 0.1) is 6.04 Å². The summed E-state index contributed by atoms with van der Waals surface area (Å²) in [5.41, 5.74) is 1.14. The molecule has 2 N–H and O–H groups in total. The maximum absolute atomic E-state index is 11.9. The number of amides is 2. The van der Waals surface area contributed by atoms with Gasteiger partial charge in [0.15, 0.2) is 0 Å². The second kappa shape index (κ2) is 6.42. The van der Waals surface area contributed by atoms with Gasteiger partial charge >= 0.3 is 6.03 Å². The predicted octanol–water partition coefficient (Wildman–Crippen LogP) is 4.00. The minimum atomic E-state index is -0.111. The summed E-state index contributed by atoms with van der Waals surface area (Å²) in [5.74, 6) is 0. The third-order valence-corrected chi connectivity index (χ3v) is 3.63. The van der Waals surface area contributed by atoms with Crippen molar-refractivity contribution in [2.45, 2.75) is 39.3 Å². The van der Waals surface area contributed by atoms with E-state index in [0.29, 0.717) is 0 Å². The molecule has 0 aliphatic carbocycles. The Balaban J connectivity index is 2.15. The zero-order valence-corrected chi connectivity index (χ0v) is 12.3. The van der Waals surface area contributed by atoms with Crippen LogP contribution in [0.1, 0.15) is 38.8 Å². The summed E-state index contributed by atoms with van der Waals surface area (Å²) in [6.07, 6.45) is 0.927. The van der Waals surface area contributed by atoms with Crippen LogP contribution in [-0.2, 0) is 0 Å². The van der Waals surface area contributed by atoms with Crippen molar-refractivity contribution >= 4 is 16.8 Å². The topological polar surface area (TPSA) is 41.1 Å². The van der Waals surface area contributed by atoms with Crippen LogP contribution in [0.2, 0.25) is 0 Å². The van der Waals surface area contributed by atoms with E-state index in [4.69, 9.17) is 0 Å². The molecule has 2 amide bonds. The maximum atomic E-state index is 11.9. The third kappa shape index (κ3) is 3.29. The van der Waals surface area contributed by atoms with Crippen LogP contribution >= 0.6 is 0 Å². The van der Waals surface area contributed by atoms with E-state index in [-0.39, 0.29) is 18.1 Å². The smallest absolute Gasteiger partial charge is 0.315 e. The Morgan fingerprint density at radius 2 is 1.75 bits per heavy atom. The quantitative estimate of drug-likeness (QED) is 0.866.